The molecule has 6 heteroatoms. The van der Waals surface area contributed by atoms with Gasteiger partial charge < -0.3 is 16.0 Å². The zero-order valence-electron chi connectivity index (χ0n) is 12.4. The predicted octanol–water partition coefficient (Wildman–Crippen LogP) is 1.03. The summed E-state index contributed by atoms with van der Waals surface area (Å²) in [4.78, 5) is 25.9. The van der Waals surface area contributed by atoms with Gasteiger partial charge in [-0.1, -0.05) is 18.2 Å². The van der Waals surface area contributed by atoms with E-state index in [4.69, 9.17) is 5.73 Å². The van der Waals surface area contributed by atoms with E-state index in [9.17, 15) is 9.59 Å². The first-order valence-corrected chi connectivity index (χ1v) is 7.52. The maximum Gasteiger partial charge on any atom is 0.251 e. The Balaban J connectivity index is 0.00000176. The largest absolute Gasteiger partial charge is 0.343 e. The molecule has 0 bridgehead atoms. The number of likely N-dealkylation sites (tertiary alicyclic amines) is 1. The number of halogens is 1. The summed E-state index contributed by atoms with van der Waals surface area (Å²) in [5.74, 6) is 0.772. The Morgan fingerprint density at radius 3 is 2.59 bits per heavy atom. The lowest BCUT2D eigenvalue weighted by molar-refractivity contribution is -0.129. The van der Waals surface area contributed by atoms with E-state index in [2.05, 4.69) is 5.32 Å². The van der Waals surface area contributed by atoms with E-state index in [1.165, 1.54) is 0 Å². The van der Waals surface area contributed by atoms with Gasteiger partial charge in [-0.2, -0.15) is 0 Å². The van der Waals surface area contributed by atoms with Gasteiger partial charge in [0.2, 0.25) is 5.91 Å². The maximum atomic E-state index is 12.2. The lowest BCUT2D eigenvalue weighted by atomic mass is 9.98. The summed E-state index contributed by atoms with van der Waals surface area (Å²) < 4.78 is 0. The van der Waals surface area contributed by atoms with Crippen molar-refractivity contribution in [1.82, 2.24) is 10.2 Å². The number of carbonyl (C=O) groups excluding carboxylic acids is 2. The molecule has 0 aromatic heterocycles. The zero-order chi connectivity index (χ0) is 14.8. The molecule has 1 saturated heterocycles. The van der Waals surface area contributed by atoms with Gasteiger partial charge in [-0.25, -0.2) is 0 Å². The number of fused-ring (bicyclic) bond motifs is 1. The summed E-state index contributed by atoms with van der Waals surface area (Å²) in [6.45, 7) is 1.59. The highest BCUT2D eigenvalue weighted by molar-refractivity contribution is 5.96. The van der Waals surface area contributed by atoms with Crippen LogP contribution in [0.1, 0.15) is 23.2 Å². The molecule has 1 aromatic rings. The molecule has 1 aliphatic heterocycles. The monoisotopic (exact) mass is 323 g/mol. The number of nitrogens with two attached hydrogens (primary N) is 1. The van der Waals surface area contributed by atoms with Crippen LogP contribution in [-0.4, -0.2) is 42.4 Å². The number of hydrogen-bond donors (Lipinski definition) is 2. The van der Waals surface area contributed by atoms with Crippen LogP contribution in [0.15, 0.2) is 30.3 Å². The van der Waals surface area contributed by atoms with E-state index in [-0.39, 0.29) is 36.8 Å². The Kier molecular flexibility index (Phi) is 5.42. The van der Waals surface area contributed by atoms with Gasteiger partial charge in [0.05, 0.1) is 6.54 Å². The number of benzene rings is 1. The summed E-state index contributed by atoms with van der Waals surface area (Å²) in [6, 6.07) is 9.16. The Bertz CT molecular complexity index is 537. The SMILES string of the molecule is Cl.NC1CCC2CN(C(=O)CNC(=O)c3ccccc3)CC12. The molecule has 3 atom stereocenters. The van der Waals surface area contributed by atoms with Crippen molar-refractivity contribution in [1.29, 1.82) is 0 Å². The molecule has 0 radical (unpaired) electrons. The summed E-state index contributed by atoms with van der Waals surface area (Å²) in [5.41, 5.74) is 6.65. The van der Waals surface area contributed by atoms with Crippen molar-refractivity contribution in [2.24, 2.45) is 17.6 Å². The molecule has 3 N–H and O–H groups in total. The quantitative estimate of drug-likeness (QED) is 0.872. The van der Waals surface area contributed by atoms with Crippen LogP contribution in [0, 0.1) is 11.8 Å². The van der Waals surface area contributed by atoms with Crippen molar-refractivity contribution in [2.45, 2.75) is 18.9 Å². The average Bonchev–Trinajstić information content (AvgIpc) is 3.08. The first-order chi connectivity index (χ1) is 10.1. The minimum absolute atomic E-state index is 0. The highest BCUT2D eigenvalue weighted by atomic mass is 35.5. The van der Waals surface area contributed by atoms with Gasteiger partial charge in [0.1, 0.15) is 0 Å². The standard InChI is InChI=1S/C16H21N3O2.ClH/c17-14-7-6-12-9-19(10-13(12)14)15(20)8-18-16(21)11-4-2-1-3-5-11;/h1-5,12-14H,6-10,17H2,(H,18,21);1H. The molecular weight excluding hydrogens is 302 g/mol. The highest BCUT2D eigenvalue weighted by Crippen LogP contribution is 2.36. The van der Waals surface area contributed by atoms with Crippen LogP contribution in [0.4, 0.5) is 0 Å². The predicted molar refractivity (Wildman–Crippen MR) is 86.8 cm³/mol. The van der Waals surface area contributed by atoms with Crippen molar-refractivity contribution >= 4 is 24.2 Å². The fourth-order valence-electron chi connectivity index (χ4n) is 3.47. The van der Waals surface area contributed by atoms with Crippen molar-refractivity contribution in [3.63, 3.8) is 0 Å². The minimum Gasteiger partial charge on any atom is -0.343 e. The lowest BCUT2D eigenvalue weighted by Gasteiger charge is -2.19. The van der Waals surface area contributed by atoms with E-state index in [1.807, 2.05) is 11.0 Å². The highest BCUT2D eigenvalue weighted by Gasteiger charge is 2.42. The number of hydrogen-bond acceptors (Lipinski definition) is 3. The molecule has 0 spiro atoms. The van der Waals surface area contributed by atoms with Crippen molar-refractivity contribution in [2.75, 3.05) is 19.6 Å². The van der Waals surface area contributed by atoms with E-state index in [0.717, 1.165) is 25.9 Å². The minimum atomic E-state index is -0.208. The molecule has 3 unspecified atom stereocenters. The van der Waals surface area contributed by atoms with E-state index >= 15 is 0 Å². The third-order valence-electron chi connectivity index (χ3n) is 4.70. The second-order valence-corrected chi connectivity index (χ2v) is 6.01. The normalized spacial score (nSPS) is 26.2. The van der Waals surface area contributed by atoms with Gasteiger partial charge in [0, 0.05) is 24.7 Å². The smallest absolute Gasteiger partial charge is 0.251 e. The summed E-state index contributed by atoms with van der Waals surface area (Å²) in [6.07, 6.45) is 2.19. The van der Waals surface area contributed by atoms with Crippen LogP contribution in [-0.2, 0) is 4.79 Å². The first-order valence-electron chi connectivity index (χ1n) is 7.52. The first kappa shape index (κ1) is 16.8. The Hall–Kier alpha value is -1.59. The molecule has 3 rings (SSSR count). The van der Waals surface area contributed by atoms with Gasteiger partial charge >= 0.3 is 0 Å². The van der Waals surface area contributed by atoms with E-state index in [0.29, 0.717) is 17.4 Å². The fourth-order valence-corrected chi connectivity index (χ4v) is 3.47. The third kappa shape index (κ3) is 3.42. The molecule has 120 valence electrons. The van der Waals surface area contributed by atoms with Crippen LogP contribution < -0.4 is 11.1 Å². The molecule has 5 nitrogen and oxygen atoms in total. The Labute approximate surface area is 136 Å². The molecule has 1 saturated carbocycles. The van der Waals surface area contributed by atoms with Crippen LogP contribution >= 0.6 is 12.4 Å². The van der Waals surface area contributed by atoms with Crippen LogP contribution in [0.2, 0.25) is 0 Å². The van der Waals surface area contributed by atoms with Gasteiger partial charge in [0.25, 0.3) is 5.91 Å². The molecular formula is C16H22ClN3O2. The molecule has 2 fully saturated rings. The Morgan fingerprint density at radius 2 is 1.91 bits per heavy atom. The van der Waals surface area contributed by atoms with Crippen molar-refractivity contribution in [3.05, 3.63) is 35.9 Å². The van der Waals surface area contributed by atoms with E-state index < -0.39 is 0 Å². The van der Waals surface area contributed by atoms with Gasteiger partial charge in [0.15, 0.2) is 0 Å². The van der Waals surface area contributed by atoms with Crippen molar-refractivity contribution in [3.8, 4) is 0 Å². The van der Waals surface area contributed by atoms with Crippen LogP contribution in [0.25, 0.3) is 0 Å². The second kappa shape index (κ2) is 7.11. The zero-order valence-corrected chi connectivity index (χ0v) is 13.2. The fraction of sp³-hybridized carbons (Fsp3) is 0.500. The molecule has 22 heavy (non-hydrogen) atoms. The van der Waals surface area contributed by atoms with Crippen LogP contribution in [0.5, 0.6) is 0 Å². The van der Waals surface area contributed by atoms with Crippen molar-refractivity contribution < 1.29 is 9.59 Å². The maximum absolute atomic E-state index is 12.2. The summed E-state index contributed by atoms with van der Waals surface area (Å²) in [7, 11) is 0. The van der Waals surface area contributed by atoms with Gasteiger partial charge in [-0.15, -0.1) is 12.4 Å². The molecule has 2 amide bonds. The molecule has 1 aliphatic carbocycles. The van der Waals surface area contributed by atoms with E-state index in [1.54, 1.807) is 24.3 Å². The number of nitrogens with one attached hydrogen (secondary N) is 1. The third-order valence-corrected chi connectivity index (χ3v) is 4.70. The van der Waals surface area contributed by atoms with Gasteiger partial charge in [-0.05, 0) is 36.8 Å². The molecule has 1 heterocycles. The molecule has 1 aromatic carbocycles. The lowest BCUT2D eigenvalue weighted by Crippen LogP contribution is -2.40. The topological polar surface area (TPSA) is 75.4 Å². The second-order valence-electron chi connectivity index (χ2n) is 6.01. The number of rotatable bonds is 3. The number of carbonyl (C=O) groups is 2. The number of amides is 2. The van der Waals surface area contributed by atoms with Gasteiger partial charge in [-0.3, -0.25) is 9.59 Å². The molecule has 2 aliphatic rings. The summed E-state index contributed by atoms with van der Waals surface area (Å²) >= 11 is 0. The Morgan fingerprint density at radius 1 is 1.18 bits per heavy atom. The van der Waals surface area contributed by atoms with Crippen LogP contribution in [0.3, 0.4) is 0 Å². The summed E-state index contributed by atoms with van der Waals surface area (Å²) in [5, 5.41) is 2.69. The number of nitrogens with zero attached hydrogens (tertiary/aromatic N) is 1. The average molecular weight is 324 g/mol.